The van der Waals surface area contributed by atoms with Crippen LogP contribution in [0.15, 0.2) is 16.6 Å². The van der Waals surface area contributed by atoms with Crippen molar-refractivity contribution < 1.29 is 17.9 Å². The van der Waals surface area contributed by atoms with E-state index in [9.17, 15) is 13.2 Å². The lowest BCUT2D eigenvalue weighted by Crippen LogP contribution is -2.19. The first-order valence-electron chi connectivity index (χ1n) is 5.40. The van der Waals surface area contributed by atoms with E-state index in [-0.39, 0.29) is 15.7 Å². The Kier molecular flexibility index (Phi) is 3.77. The van der Waals surface area contributed by atoms with Crippen LogP contribution < -0.4 is 4.72 Å². The van der Waals surface area contributed by atoms with Gasteiger partial charge in [-0.1, -0.05) is 0 Å². The molecule has 0 aliphatic carbocycles. The molecule has 1 N–H and O–H groups in total. The molecule has 2 aromatic heterocycles. The first kappa shape index (κ1) is 14.5. The normalized spacial score (nSPS) is 11.3. The van der Waals surface area contributed by atoms with Crippen LogP contribution in [0.25, 0.3) is 0 Å². The van der Waals surface area contributed by atoms with Crippen molar-refractivity contribution in [1.82, 2.24) is 14.8 Å². The monoisotopic (exact) mass is 316 g/mol. The minimum atomic E-state index is -3.94. The fourth-order valence-corrected chi connectivity index (χ4v) is 4.31. The van der Waals surface area contributed by atoms with E-state index in [1.165, 1.54) is 18.1 Å². The fraction of sp³-hybridized carbons (Fsp3) is 0.300. The maximum Gasteiger partial charge on any atom is 0.349 e. The fourth-order valence-electron chi connectivity index (χ4n) is 1.56. The van der Waals surface area contributed by atoms with Gasteiger partial charge >= 0.3 is 5.97 Å². The third-order valence-electron chi connectivity index (χ3n) is 2.49. The summed E-state index contributed by atoms with van der Waals surface area (Å²) in [6.07, 6.45) is 1.22. The number of carbonyl (C=O) groups is 1. The number of esters is 1. The van der Waals surface area contributed by atoms with Crippen LogP contribution in [0.1, 0.15) is 15.2 Å². The summed E-state index contributed by atoms with van der Waals surface area (Å²) < 4.78 is 32.9. The number of methoxy groups -OCH3 is 1. The van der Waals surface area contributed by atoms with Crippen molar-refractivity contribution in [1.29, 1.82) is 0 Å². The summed E-state index contributed by atoms with van der Waals surface area (Å²) >= 11 is 1.02. The zero-order chi connectivity index (χ0) is 14.9. The molecule has 2 rings (SSSR count). The quantitative estimate of drug-likeness (QED) is 0.836. The van der Waals surface area contributed by atoms with Crippen LogP contribution in [0, 0.1) is 6.92 Å². The number of carbonyl (C=O) groups excluding carboxylic acids is 1. The van der Waals surface area contributed by atoms with Crippen LogP contribution in [-0.4, -0.2) is 36.3 Å². The number of nitrogens with one attached hydrogen (secondary N) is 1. The summed E-state index contributed by atoms with van der Waals surface area (Å²) in [6.45, 7) is 1.61. The van der Waals surface area contributed by atoms with Crippen LogP contribution in [0.5, 0.6) is 0 Å². The largest absolute Gasteiger partial charge is 0.465 e. The van der Waals surface area contributed by atoms with Crippen molar-refractivity contribution >= 4 is 33.3 Å². The van der Waals surface area contributed by atoms with Crippen LogP contribution in [0.4, 0.5) is 5.95 Å². The van der Waals surface area contributed by atoms with Gasteiger partial charge < -0.3 is 4.74 Å². The molecule has 2 aromatic rings. The van der Waals surface area contributed by atoms with E-state index in [0.29, 0.717) is 5.56 Å². The number of ether oxygens (including phenoxy) is 1. The number of hydrogen-bond acceptors (Lipinski definition) is 7. The molecule has 0 aliphatic heterocycles. The predicted octanol–water partition coefficient (Wildman–Crippen LogP) is 0.772. The molecule has 0 atom stereocenters. The van der Waals surface area contributed by atoms with E-state index >= 15 is 0 Å². The molecule has 0 aromatic carbocycles. The molecule has 20 heavy (non-hydrogen) atoms. The Morgan fingerprint density at radius 3 is 2.75 bits per heavy atom. The van der Waals surface area contributed by atoms with Crippen LogP contribution in [0.2, 0.25) is 0 Å². The molecule has 0 aliphatic rings. The van der Waals surface area contributed by atoms with Gasteiger partial charge in [-0.3, -0.25) is 0 Å². The van der Waals surface area contributed by atoms with Gasteiger partial charge in [0.2, 0.25) is 5.95 Å². The highest BCUT2D eigenvalue weighted by molar-refractivity contribution is 7.93. The third-order valence-corrected chi connectivity index (χ3v) is 5.22. The van der Waals surface area contributed by atoms with E-state index in [1.54, 1.807) is 19.4 Å². The summed E-state index contributed by atoms with van der Waals surface area (Å²) in [5, 5.41) is 5.35. The Balaban J connectivity index is 2.47. The van der Waals surface area contributed by atoms with E-state index in [4.69, 9.17) is 0 Å². The Labute approximate surface area is 119 Å². The Morgan fingerprint density at radius 1 is 1.50 bits per heavy atom. The highest BCUT2D eigenvalue weighted by atomic mass is 32.2. The number of nitrogens with zero attached hydrogens (tertiary/aromatic N) is 3. The molecule has 8 nitrogen and oxygen atoms in total. The average Bonchev–Trinajstić information content (AvgIpc) is 2.95. The number of anilines is 1. The van der Waals surface area contributed by atoms with Gasteiger partial charge in [-0.15, -0.1) is 11.3 Å². The third kappa shape index (κ3) is 2.51. The van der Waals surface area contributed by atoms with E-state index < -0.39 is 16.0 Å². The van der Waals surface area contributed by atoms with Gasteiger partial charge in [-0.2, -0.15) is 10.1 Å². The van der Waals surface area contributed by atoms with Crippen molar-refractivity contribution in [2.45, 2.75) is 11.8 Å². The molecular weight excluding hydrogens is 304 g/mol. The summed E-state index contributed by atoms with van der Waals surface area (Å²) in [5.41, 5.74) is 0.463. The molecular formula is C10H12N4O4S2. The van der Waals surface area contributed by atoms with Crippen molar-refractivity contribution in [3.8, 4) is 0 Å². The molecule has 0 unspecified atom stereocenters. The molecule has 10 heteroatoms. The zero-order valence-electron chi connectivity index (χ0n) is 10.9. The lowest BCUT2D eigenvalue weighted by Gasteiger charge is -2.08. The number of hydrogen-bond donors (Lipinski definition) is 1. The molecule has 0 bridgehead atoms. The number of aromatic nitrogens is 3. The Bertz CT molecular complexity index is 747. The Hall–Kier alpha value is -1.94. The standard InChI is InChI=1S/C10H12N4O4S2/c1-6-4-19-7(9(15)18-3)8(6)20(16,17)13-10-11-5-12-14(10)2/h4-5H,1-3H3,(H,11,12,13). The minimum Gasteiger partial charge on any atom is -0.465 e. The van der Waals surface area contributed by atoms with Gasteiger partial charge in [-0.05, 0) is 17.9 Å². The molecule has 0 amide bonds. The molecule has 0 saturated heterocycles. The van der Waals surface area contributed by atoms with Crippen molar-refractivity contribution in [2.75, 3.05) is 11.8 Å². The van der Waals surface area contributed by atoms with Gasteiger partial charge in [0.05, 0.1) is 7.11 Å². The lowest BCUT2D eigenvalue weighted by molar-refractivity contribution is 0.0602. The number of rotatable bonds is 4. The maximum atomic E-state index is 12.4. The summed E-state index contributed by atoms with van der Waals surface area (Å²) in [4.78, 5) is 15.3. The smallest absolute Gasteiger partial charge is 0.349 e. The second-order valence-electron chi connectivity index (χ2n) is 3.88. The van der Waals surface area contributed by atoms with Crippen molar-refractivity contribution in [3.05, 3.63) is 22.1 Å². The lowest BCUT2D eigenvalue weighted by atomic mass is 10.3. The summed E-state index contributed by atoms with van der Waals surface area (Å²) in [6, 6.07) is 0. The van der Waals surface area contributed by atoms with Crippen molar-refractivity contribution in [3.63, 3.8) is 0 Å². The van der Waals surface area contributed by atoms with Gasteiger partial charge in [0, 0.05) is 7.05 Å². The second kappa shape index (κ2) is 5.21. The Morgan fingerprint density at radius 2 is 2.20 bits per heavy atom. The first-order valence-corrected chi connectivity index (χ1v) is 7.76. The van der Waals surface area contributed by atoms with Crippen molar-refractivity contribution in [2.24, 2.45) is 7.05 Å². The zero-order valence-corrected chi connectivity index (χ0v) is 12.6. The maximum absolute atomic E-state index is 12.4. The number of thiophene rings is 1. The molecule has 0 saturated carbocycles. The minimum absolute atomic E-state index is 0.0275. The van der Waals surface area contributed by atoms with Crippen LogP contribution in [0.3, 0.4) is 0 Å². The van der Waals surface area contributed by atoms with Crippen LogP contribution >= 0.6 is 11.3 Å². The highest BCUT2D eigenvalue weighted by Crippen LogP contribution is 2.28. The molecule has 108 valence electrons. The summed E-state index contributed by atoms with van der Waals surface area (Å²) in [5.74, 6) is -0.632. The van der Waals surface area contributed by atoms with E-state index in [2.05, 4.69) is 19.5 Å². The summed E-state index contributed by atoms with van der Waals surface area (Å²) in [7, 11) is -1.20. The first-order chi connectivity index (χ1) is 9.36. The molecule has 0 spiro atoms. The molecule has 0 fully saturated rings. The average molecular weight is 316 g/mol. The predicted molar refractivity (Wildman–Crippen MR) is 72.2 cm³/mol. The van der Waals surface area contributed by atoms with Crippen LogP contribution in [-0.2, 0) is 21.8 Å². The van der Waals surface area contributed by atoms with Gasteiger partial charge in [0.1, 0.15) is 16.1 Å². The topological polar surface area (TPSA) is 103 Å². The molecule has 0 radical (unpaired) electrons. The van der Waals surface area contributed by atoms with Gasteiger partial charge in [-0.25, -0.2) is 22.6 Å². The number of aryl methyl sites for hydroxylation is 2. The number of sulfonamides is 1. The highest BCUT2D eigenvalue weighted by Gasteiger charge is 2.28. The molecule has 2 heterocycles. The second-order valence-corrected chi connectivity index (χ2v) is 6.38. The SMILES string of the molecule is COC(=O)c1scc(C)c1S(=O)(=O)Nc1ncnn1C. The van der Waals surface area contributed by atoms with Gasteiger partial charge in [0.15, 0.2) is 0 Å². The van der Waals surface area contributed by atoms with E-state index in [1.807, 2.05) is 0 Å². The van der Waals surface area contributed by atoms with Gasteiger partial charge in [0.25, 0.3) is 10.0 Å². The van der Waals surface area contributed by atoms with E-state index in [0.717, 1.165) is 11.3 Å².